The van der Waals surface area contributed by atoms with Gasteiger partial charge >= 0.3 is 0 Å². The van der Waals surface area contributed by atoms with Crippen LogP contribution in [0.5, 0.6) is 0 Å². The molecule has 0 aromatic heterocycles. The molecule has 0 radical (unpaired) electrons. The van der Waals surface area contributed by atoms with Crippen LogP contribution in [0.1, 0.15) is 33.5 Å². The fourth-order valence-corrected chi connectivity index (χ4v) is 3.40. The number of carbonyl (C=O) groups is 2. The quantitative estimate of drug-likeness (QED) is 0.896. The lowest BCUT2D eigenvalue weighted by Gasteiger charge is -2.17. The fourth-order valence-electron chi connectivity index (χ4n) is 3.40. The van der Waals surface area contributed by atoms with Crippen molar-refractivity contribution in [2.45, 2.75) is 26.8 Å². The first kappa shape index (κ1) is 18.1. The minimum Gasteiger partial charge on any atom is -0.352 e. The zero-order valence-electron chi connectivity index (χ0n) is 15.1. The third kappa shape index (κ3) is 4.48. The van der Waals surface area contributed by atoms with Crippen LogP contribution in [0.2, 0.25) is 0 Å². The monoisotopic (exact) mass is 354 g/mol. The van der Waals surface area contributed by atoms with Crippen LogP contribution >= 0.6 is 0 Å². The van der Waals surface area contributed by atoms with E-state index in [1.807, 2.05) is 32.0 Å². The van der Waals surface area contributed by atoms with Crippen molar-refractivity contribution in [3.05, 3.63) is 70.5 Å². The molecule has 1 N–H and O–H groups in total. The highest BCUT2D eigenvalue weighted by Gasteiger charge is 2.29. The Labute approximate surface area is 153 Å². The van der Waals surface area contributed by atoms with Gasteiger partial charge in [-0.15, -0.1) is 0 Å². The summed E-state index contributed by atoms with van der Waals surface area (Å²) in [6.45, 7) is 5.47. The minimum absolute atomic E-state index is 0.0694. The molecule has 0 spiro atoms. The van der Waals surface area contributed by atoms with Crippen molar-refractivity contribution in [1.82, 2.24) is 10.2 Å². The summed E-state index contributed by atoms with van der Waals surface area (Å²) < 4.78 is 13.0. The lowest BCUT2D eigenvalue weighted by Crippen LogP contribution is -2.31. The largest absolute Gasteiger partial charge is 0.352 e. The van der Waals surface area contributed by atoms with Crippen LogP contribution < -0.4 is 5.32 Å². The number of benzene rings is 2. The summed E-state index contributed by atoms with van der Waals surface area (Å²) in [4.78, 5) is 26.3. The normalized spacial score (nSPS) is 16.8. The molecule has 0 saturated carbocycles. The first-order valence-corrected chi connectivity index (χ1v) is 8.79. The van der Waals surface area contributed by atoms with Crippen LogP contribution in [0.25, 0.3) is 0 Å². The van der Waals surface area contributed by atoms with Crippen LogP contribution in [0.3, 0.4) is 0 Å². The number of amides is 2. The van der Waals surface area contributed by atoms with Crippen molar-refractivity contribution >= 4 is 11.8 Å². The number of carbonyl (C=O) groups excluding carboxylic acids is 2. The van der Waals surface area contributed by atoms with E-state index in [0.717, 1.165) is 16.7 Å². The maximum Gasteiger partial charge on any atom is 0.251 e. The van der Waals surface area contributed by atoms with Crippen LogP contribution in [0.4, 0.5) is 4.39 Å². The average molecular weight is 354 g/mol. The van der Waals surface area contributed by atoms with Gasteiger partial charge in [0.15, 0.2) is 0 Å². The molecule has 5 heteroatoms. The summed E-state index contributed by atoms with van der Waals surface area (Å²) >= 11 is 0. The van der Waals surface area contributed by atoms with E-state index in [-0.39, 0.29) is 23.5 Å². The highest BCUT2D eigenvalue weighted by molar-refractivity contribution is 5.94. The Morgan fingerprint density at radius 3 is 2.46 bits per heavy atom. The average Bonchev–Trinajstić information content (AvgIpc) is 2.93. The Balaban J connectivity index is 1.54. The molecule has 1 aliphatic rings. The Hall–Kier alpha value is -2.69. The second-order valence-electron chi connectivity index (χ2n) is 7.06. The summed E-state index contributed by atoms with van der Waals surface area (Å²) in [5, 5.41) is 2.94. The van der Waals surface area contributed by atoms with Crippen LogP contribution in [0, 0.1) is 25.6 Å². The van der Waals surface area contributed by atoms with E-state index in [1.54, 1.807) is 17.0 Å². The first-order chi connectivity index (χ1) is 12.4. The Kier molecular flexibility index (Phi) is 5.35. The molecular formula is C21H23FN2O2. The van der Waals surface area contributed by atoms with Crippen molar-refractivity contribution in [2.24, 2.45) is 5.92 Å². The van der Waals surface area contributed by atoms with Gasteiger partial charge < -0.3 is 10.2 Å². The number of halogens is 1. The third-order valence-electron chi connectivity index (χ3n) is 4.62. The summed E-state index contributed by atoms with van der Waals surface area (Å²) in [5.74, 6) is -0.229. The van der Waals surface area contributed by atoms with Gasteiger partial charge in [0, 0.05) is 37.5 Å². The van der Waals surface area contributed by atoms with E-state index < -0.39 is 0 Å². The van der Waals surface area contributed by atoms with Crippen LogP contribution in [0.15, 0.2) is 42.5 Å². The molecule has 0 aliphatic carbocycles. The number of aryl methyl sites for hydroxylation is 2. The van der Waals surface area contributed by atoms with E-state index in [2.05, 4.69) is 5.32 Å². The maximum absolute atomic E-state index is 13.0. The zero-order valence-corrected chi connectivity index (χ0v) is 15.1. The topological polar surface area (TPSA) is 49.4 Å². The Bertz CT molecular complexity index is 797. The molecule has 1 heterocycles. The van der Waals surface area contributed by atoms with Crippen molar-refractivity contribution < 1.29 is 14.0 Å². The summed E-state index contributed by atoms with van der Waals surface area (Å²) in [5.41, 5.74) is 3.66. The minimum atomic E-state index is -0.284. The molecule has 1 unspecified atom stereocenters. The van der Waals surface area contributed by atoms with E-state index in [1.165, 1.54) is 12.1 Å². The van der Waals surface area contributed by atoms with Gasteiger partial charge in [-0.1, -0.05) is 29.3 Å². The van der Waals surface area contributed by atoms with Gasteiger partial charge in [0.25, 0.3) is 5.91 Å². The van der Waals surface area contributed by atoms with Gasteiger partial charge in [-0.25, -0.2) is 4.39 Å². The Morgan fingerprint density at radius 2 is 1.81 bits per heavy atom. The number of nitrogens with one attached hydrogen (secondary N) is 1. The van der Waals surface area contributed by atoms with E-state index in [9.17, 15) is 14.0 Å². The molecular weight excluding hydrogens is 331 g/mol. The van der Waals surface area contributed by atoms with Crippen molar-refractivity contribution in [2.75, 3.05) is 13.1 Å². The molecule has 2 amide bonds. The number of hydrogen-bond acceptors (Lipinski definition) is 2. The predicted molar refractivity (Wildman–Crippen MR) is 98.2 cm³/mol. The van der Waals surface area contributed by atoms with Gasteiger partial charge in [0.05, 0.1) is 0 Å². The molecule has 1 atom stereocenters. The third-order valence-corrected chi connectivity index (χ3v) is 4.62. The van der Waals surface area contributed by atoms with Crippen LogP contribution in [-0.2, 0) is 11.3 Å². The molecule has 3 rings (SSSR count). The molecule has 1 aliphatic heterocycles. The lowest BCUT2D eigenvalue weighted by molar-refractivity contribution is -0.128. The molecule has 0 bridgehead atoms. The molecule has 1 fully saturated rings. The first-order valence-electron chi connectivity index (χ1n) is 8.79. The van der Waals surface area contributed by atoms with E-state index in [0.29, 0.717) is 31.6 Å². The molecule has 2 aromatic carbocycles. The fraction of sp³-hybridized carbons (Fsp3) is 0.333. The summed E-state index contributed by atoms with van der Waals surface area (Å²) in [6.07, 6.45) is 0.425. The highest BCUT2D eigenvalue weighted by Crippen LogP contribution is 2.20. The second kappa shape index (κ2) is 7.68. The van der Waals surface area contributed by atoms with E-state index >= 15 is 0 Å². The van der Waals surface area contributed by atoms with Gasteiger partial charge in [0.1, 0.15) is 5.82 Å². The Morgan fingerprint density at radius 1 is 1.15 bits per heavy atom. The van der Waals surface area contributed by atoms with Crippen molar-refractivity contribution in [3.63, 3.8) is 0 Å². The maximum atomic E-state index is 13.0. The van der Waals surface area contributed by atoms with Crippen molar-refractivity contribution in [1.29, 1.82) is 0 Å². The number of hydrogen-bond donors (Lipinski definition) is 1. The summed E-state index contributed by atoms with van der Waals surface area (Å²) in [6, 6.07) is 11.9. The van der Waals surface area contributed by atoms with Gasteiger partial charge in [-0.3, -0.25) is 9.59 Å². The molecule has 4 nitrogen and oxygen atoms in total. The van der Waals surface area contributed by atoms with Gasteiger partial charge in [-0.05, 0) is 43.7 Å². The number of likely N-dealkylation sites (tertiary alicyclic amines) is 1. The second-order valence-corrected chi connectivity index (χ2v) is 7.06. The van der Waals surface area contributed by atoms with Gasteiger partial charge in [0.2, 0.25) is 5.91 Å². The van der Waals surface area contributed by atoms with Gasteiger partial charge in [-0.2, -0.15) is 0 Å². The molecule has 2 aromatic rings. The smallest absolute Gasteiger partial charge is 0.251 e. The SMILES string of the molecule is Cc1cc(C)cc(C(=O)NCC2CC(=O)N(Cc3ccc(F)cc3)C2)c1. The molecule has 26 heavy (non-hydrogen) atoms. The molecule has 136 valence electrons. The highest BCUT2D eigenvalue weighted by atomic mass is 19.1. The predicted octanol–water partition coefficient (Wildman–Crippen LogP) is 3.22. The van der Waals surface area contributed by atoms with Crippen LogP contribution in [-0.4, -0.2) is 29.8 Å². The van der Waals surface area contributed by atoms with Crippen molar-refractivity contribution in [3.8, 4) is 0 Å². The lowest BCUT2D eigenvalue weighted by atomic mass is 10.1. The number of rotatable bonds is 5. The zero-order chi connectivity index (χ0) is 18.7. The van der Waals surface area contributed by atoms with E-state index in [4.69, 9.17) is 0 Å². The number of nitrogens with zero attached hydrogens (tertiary/aromatic N) is 1. The standard InChI is InChI=1S/C21H23FN2O2/c1-14-7-15(2)9-18(8-14)21(26)23-11-17-10-20(25)24(13-17)12-16-3-5-19(22)6-4-16/h3-9,17H,10-13H2,1-2H3,(H,23,26). The summed E-state index contributed by atoms with van der Waals surface area (Å²) in [7, 11) is 0. The molecule has 1 saturated heterocycles.